The Morgan fingerprint density at radius 2 is 1.64 bits per heavy atom. The molecule has 4 rings (SSSR count). The van der Waals surface area contributed by atoms with Crippen LogP contribution in [0.3, 0.4) is 0 Å². The van der Waals surface area contributed by atoms with Crippen LogP contribution in [-0.4, -0.2) is 12.8 Å². The molecule has 140 valence electrons. The van der Waals surface area contributed by atoms with Crippen LogP contribution in [0.4, 0.5) is 0 Å². The molecule has 0 bridgehead atoms. The zero-order valence-electron chi connectivity index (χ0n) is 16.9. The first kappa shape index (κ1) is 19.0. The maximum atomic E-state index is 6.96. The summed E-state index contributed by atoms with van der Waals surface area (Å²) in [5.74, 6) is 1.29. The van der Waals surface area contributed by atoms with E-state index in [9.17, 15) is 0 Å². The second kappa shape index (κ2) is 7.95. The molecule has 3 atom stereocenters. The van der Waals surface area contributed by atoms with Gasteiger partial charge in [0.2, 0.25) is 0 Å². The van der Waals surface area contributed by atoms with Crippen molar-refractivity contribution in [3.8, 4) is 22.4 Å². The highest BCUT2D eigenvalue weighted by Gasteiger charge is 2.41. The second-order valence-corrected chi connectivity index (χ2v) is 8.45. The molecule has 2 aromatic carbocycles. The highest BCUT2D eigenvalue weighted by molar-refractivity contribution is 6.16. The van der Waals surface area contributed by atoms with Crippen LogP contribution < -0.4 is 0 Å². The summed E-state index contributed by atoms with van der Waals surface area (Å²) >= 11 is 0. The van der Waals surface area contributed by atoms with Crippen molar-refractivity contribution in [1.29, 1.82) is 0 Å². The lowest BCUT2D eigenvalue weighted by molar-refractivity contribution is 0.399. The summed E-state index contributed by atoms with van der Waals surface area (Å²) in [5.41, 5.74) is 5.77. The van der Waals surface area contributed by atoms with Crippen molar-refractivity contribution in [2.75, 3.05) is 0 Å². The van der Waals surface area contributed by atoms with Crippen LogP contribution in [0, 0.1) is 11.8 Å². The Kier molecular flexibility index (Phi) is 5.39. The van der Waals surface area contributed by atoms with Gasteiger partial charge in [0.1, 0.15) is 0 Å². The Labute approximate surface area is 170 Å². The lowest BCUT2D eigenvalue weighted by Crippen LogP contribution is -2.31. The number of aromatic nitrogens is 1. The van der Waals surface area contributed by atoms with Crippen LogP contribution in [0.5, 0.6) is 0 Å². The monoisotopic (exact) mass is 365 g/mol. The van der Waals surface area contributed by atoms with Gasteiger partial charge in [-0.2, -0.15) is 0 Å². The maximum Gasteiger partial charge on any atom is 0.0814 e. The predicted octanol–water partition coefficient (Wildman–Crippen LogP) is 6.63. The molecule has 1 fully saturated rings. The Hall–Kier alpha value is -2.35. The van der Waals surface area contributed by atoms with E-state index in [2.05, 4.69) is 67.4 Å². The van der Waals surface area contributed by atoms with Crippen molar-refractivity contribution in [3.63, 3.8) is 0 Å². The van der Waals surface area contributed by atoms with Gasteiger partial charge in [0, 0.05) is 17.3 Å². The number of hydrogen-bond acceptors (Lipinski definition) is 1. The smallest absolute Gasteiger partial charge is 0.0814 e. The molecular formula is C26H28BN. The number of pyridine rings is 1. The van der Waals surface area contributed by atoms with Crippen molar-refractivity contribution in [1.82, 2.24) is 4.98 Å². The lowest BCUT2D eigenvalue weighted by atomic mass is 9.57. The second-order valence-electron chi connectivity index (χ2n) is 8.45. The topological polar surface area (TPSA) is 12.9 Å². The van der Waals surface area contributed by atoms with Gasteiger partial charge in [-0.25, -0.2) is 0 Å². The van der Waals surface area contributed by atoms with Crippen molar-refractivity contribution in [3.05, 3.63) is 78.5 Å². The standard InChI is InChI=1S/C26H28BN/c1-3-7-24-16-19(2)17-26(24,27)23-13-10-20(11-14-23)22-12-15-25(28-18-22)21-8-5-4-6-9-21/h4-6,8-15,18-19,24H,3,7,16-17H2,1-2H3. The maximum absolute atomic E-state index is 6.96. The molecule has 0 saturated heterocycles. The first-order chi connectivity index (χ1) is 13.6. The fraction of sp³-hybridized carbons (Fsp3) is 0.346. The molecule has 0 amide bonds. The van der Waals surface area contributed by atoms with Crippen LogP contribution in [0.2, 0.25) is 0 Å². The molecule has 1 nitrogen and oxygen atoms in total. The summed E-state index contributed by atoms with van der Waals surface area (Å²) in [6.07, 6.45) is 6.72. The molecule has 1 aliphatic rings. The first-order valence-corrected chi connectivity index (χ1v) is 10.5. The van der Waals surface area contributed by atoms with Gasteiger partial charge in [0.25, 0.3) is 0 Å². The van der Waals surface area contributed by atoms with E-state index in [1.165, 1.54) is 30.4 Å². The minimum Gasteiger partial charge on any atom is -0.256 e. The molecule has 1 heterocycles. The lowest BCUT2D eigenvalue weighted by Gasteiger charge is -2.33. The summed E-state index contributed by atoms with van der Waals surface area (Å²) in [7, 11) is 6.96. The van der Waals surface area contributed by atoms with Gasteiger partial charge in [-0.05, 0) is 41.6 Å². The summed E-state index contributed by atoms with van der Waals surface area (Å²) in [5, 5.41) is -0.177. The molecule has 2 radical (unpaired) electrons. The normalized spacial score (nSPS) is 24.4. The zero-order chi connectivity index (χ0) is 19.6. The molecule has 3 unspecified atom stereocenters. The minimum atomic E-state index is -0.177. The summed E-state index contributed by atoms with van der Waals surface area (Å²) in [6, 6.07) is 23.4. The Morgan fingerprint density at radius 1 is 0.929 bits per heavy atom. The average Bonchev–Trinajstić information content (AvgIpc) is 3.03. The van der Waals surface area contributed by atoms with Gasteiger partial charge in [-0.1, -0.05) is 92.9 Å². The molecule has 0 aliphatic heterocycles. The minimum absolute atomic E-state index is 0.177. The third kappa shape index (κ3) is 3.65. The highest BCUT2D eigenvalue weighted by atomic mass is 14.7. The van der Waals surface area contributed by atoms with Crippen LogP contribution in [0.25, 0.3) is 22.4 Å². The molecule has 0 N–H and O–H groups in total. The van der Waals surface area contributed by atoms with Gasteiger partial charge >= 0.3 is 0 Å². The van der Waals surface area contributed by atoms with Gasteiger partial charge in [-0.3, -0.25) is 4.98 Å². The fourth-order valence-corrected chi connectivity index (χ4v) is 4.92. The quantitative estimate of drug-likeness (QED) is 0.463. The largest absolute Gasteiger partial charge is 0.256 e. The highest BCUT2D eigenvalue weighted by Crippen LogP contribution is 2.48. The Morgan fingerprint density at radius 3 is 2.29 bits per heavy atom. The first-order valence-electron chi connectivity index (χ1n) is 10.5. The van der Waals surface area contributed by atoms with Crippen molar-refractivity contribution < 1.29 is 0 Å². The molecule has 0 spiro atoms. The van der Waals surface area contributed by atoms with E-state index < -0.39 is 0 Å². The van der Waals surface area contributed by atoms with Crippen molar-refractivity contribution in [2.24, 2.45) is 11.8 Å². The van der Waals surface area contributed by atoms with E-state index in [1.807, 2.05) is 24.4 Å². The van der Waals surface area contributed by atoms with Gasteiger partial charge < -0.3 is 0 Å². The Balaban J connectivity index is 1.56. The van der Waals surface area contributed by atoms with E-state index >= 15 is 0 Å². The van der Waals surface area contributed by atoms with Gasteiger partial charge in [0.15, 0.2) is 0 Å². The van der Waals surface area contributed by atoms with Crippen molar-refractivity contribution >= 4 is 7.85 Å². The van der Waals surface area contributed by atoms with E-state index in [0.29, 0.717) is 11.8 Å². The zero-order valence-corrected chi connectivity index (χ0v) is 16.9. The van der Waals surface area contributed by atoms with E-state index in [0.717, 1.165) is 23.2 Å². The molecule has 3 aromatic rings. The third-order valence-corrected chi connectivity index (χ3v) is 6.33. The molecule has 2 heteroatoms. The number of benzene rings is 2. The number of hydrogen-bond donors (Lipinski definition) is 0. The van der Waals surface area contributed by atoms with Gasteiger partial charge in [0.05, 0.1) is 13.5 Å². The average molecular weight is 365 g/mol. The molecule has 1 aromatic heterocycles. The molecule has 28 heavy (non-hydrogen) atoms. The predicted molar refractivity (Wildman–Crippen MR) is 119 cm³/mol. The summed E-state index contributed by atoms with van der Waals surface area (Å²) < 4.78 is 0. The summed E-state index contributed by atoms with van der Waals surface area (Å²) in [4.78, 5) is 4.66. The van der Waals surface area contributed by atoms with Gasteiger partial charge in [-0.15, -0.1) is 0 Å². The van der Waals surface area contributed by atoms with Crippen LogP contribution in [0.15, 0.2) is 72.9 Å². The van der Waals surface area contributed by atoms with Crippen LogP contribution in [-0.2, 0) is 5.31 Å². The van der Waals surface area contributed by atoms with E-state index in [4.69, 9.17) is 7.85 Å². The Bertz CT molecular complexity index is 901. The fourth-order valence-electron chi connectivity index (χ4n) is 4.92. The number of nitrogens with zero attached hydrogens (tertiary/aromatic N) is 1. The van der Waals surface area contributed by atoms with Crippen LogP contribution >= 0.6 is 0 Å². The molecule has 1 saturated carbocycles. The summed E-state index contributed by atoms with van der Waals surface area (Å²) in [6.45, 7) is 4.60. The van der Waals surface area contributed by atoms with Crippen molar-refractivity contribution in [2.45, 2.75) is 44.8 Å². The number of rotatable bonds is 5. The molecule has 1 aliphatic carbocycles. The SMILES string of the molecule is [B]C1(c2ccc(-c3ccc(-c4ccccc4)nc3)cc2)CC(C)CC1CCC. The van der Waals surface area contributed by atoms with E-state index in [1.54, 1.807) is 0 Å². The molecular weight excluding hydrogens is 337 g/mol. The van der Waals surface area contributed by atoms with E-state index in [-0.39, 0.29) is 5.31 Å². The van der Waals surface area contributed by atoms with Crippen LogP contribution in [0.1, 0.15) is 45.1 Å². The third-order valence-electron chi connectivity index (χ3n) is 6.33.